The maximum atomic E-state index is 11.2. The highest BCUT2D eigenvalue weighted by Crippen LogP contribution is 2.29. The van der Waals surface area contributed by atoms with Gasteiger partial charge in [-0.3, -0.25) is 0 Å². The Labute approximate surface area is 873 Å². The van der Waals surface area contributed by atoms with Gasteiger partial charge in [0.2, 0.25) is 0 Å². The van der Waals surface area contributed by atoms with Crippen molar-refractivity contribution in [1.29, 1.82) is 0 Å². The summed E-state index contributed by atoms with van der Waals surface area (Å²) < 4.78 is 17.2. The number of hydrogen-bond donors (Lipinski definition) is 1. The summed E-state index contributed by atoms with van der Waals surface area (Å²) >= 11 is 42.6. The van der Waals surface area contributed by atoms with Crippen molar-refractivity contribution in [3.05, 3.63) is 265 Å². The molecule has 0 aliphatic heterocycles. The first-order valence-electron chi connectivity index (χ1n) is 25.5. The Morgan fingerprint density at radius 3 is 1.02 bits per heavy atom. The van der Waals surface area contributed by atoms with E-state index in [4.69, 9.17) is 5.11 Å². The molecule has 1 N–H and O–H groups in total. The highest BCUT2D eigenvalue weighted by molar-refractivity contribution is 14.1. The maximum absolute atomic E-state index is 11.2. The quantitative estimate of drug-likeness (QED) is 0.0796. The maximum Gasteiger partial charge on any atom is 0.336 e. The fraction of sp³-hybridized carbons (Fsp3) is 0. The van der Waals surface area contributed by atoms with Crippen molar-refractivity contribution in [1.82, 2.24) is 0 Å². The number of benzene rings is 9. The largest absolute Gasteiger partial charge is 0.871 e. The van der Waals surface area contributed by atoms with E-state index in [1.165, 1.54) is 0 Å². The lowest BCUT2D eigenvalue weighted by atomic mass is 10.2. The summed E-state index contributed by atoms with van der Waals surface area (Å²) in [6.07, 6.45) is 0. The van der Waals surface area contributed by atoms with Crippen LogP contribution in [0.15, 0.2) is 140 Å². The molecule has 9 aromatic carbocycles. The molecule has 0 aliphatic carbocycles. The Hall–Kier alpha value is 3.34. The predicted molar refractivity (Wildman–Crippen MR) is 546 cm³/mol. The van der Waals surface area contributed by atoms with E-state index in [1.807, 2.05) is 279 Å². The lowest BCUT2D eigenvalue weighted by Gasteiger charge is -2.13. The molecule has 40 heteroatoms. The third-order valence-corrected chi connectivity index (χ3v) is 36.3. The minimum absolute atomic E-state index is 0.137. The van der Waals surface area contributed by atoms with Crippen molar-refractivity contribution in [2.45, 2.75) is 0 Å². The minimum atomic E-state index is -1.16. The van der Waals surface area contributed by atoms with Crippen molar-refractivity contribution in [3.63, 3.8) is 0 Å². The van der Waals surface area contributed by atoms with Gasteiger partial charge in [-0.05, 0) is 583 Å². The Balaban J connectivity index is 0.000000580. The fourth-order valence-corrected chi connectivity index (χ4v) is 20.8. The second kappa shape index (κ2) is 53.6. The van der Waals surface area contributed by atoms with E-state index in [9.17, 15) is 89.1 Å². The summed E-state index contributed by atoms with van der Waals surface area (Å²) in [6, 6.07) is 39.4. The molecule has 103 heavy (non-hydrogen) atoms. The first-order chi connectivity index (χ1) is 47.7. The van der Waals surface area contributed by atoms with Crippen LogP contribution in [0.25, 0.3) is 0 Å². The van der Waals surface area contributed by atoms with E-state index in [2.05, 4.69) is 226 Å². The molecule has 0 fully saturated rings. The smallest absolute Gasteiger partial charge is 0.336 e. The Bertz CT molecular complexity index is 4560. The number of hydrogen-bond acceptors (Lipinski definition) is 18. The molecule has 0 saturated heterocycles. The molecular weight excluding hydrogens is 3730 g/mol. The lowest BCUT2D eigenvalue weighted by Crippen LogP contribution is -2.24. The van der Waals surface area contributed by atoms with Gasteiger partial charge < -0.3 is 89.4 Å². The molecule has 546 valence electrons. The summed E-state index contributed by atoms with van der Waals surface area (Å²) in [5.74, 6) is -10.5. The molecule has 0 saturated carbocycles. The fourth-order valence-electron chi connectivity index (χ4n) is 6.12. The van der Waals surface area contributed by atoms with Gasteiger partial charge in [-0.15, -0.1) is 0 Å². The van der Waals surface area contributed by atoms with Gasteiger partial charge in [-0.2, -0.15) is 0 Å². The number of carbonyl (C=O) groups is 9. The zero-order valence-corrected chi connectivity index (χ0v) is 94.3. The second-order valence-corrected chi connectivity index (χ2v) is 41.8. The molecule has 0 bridgehead atoms. The van der Waals surface area contributed by atoms with E-state index in [-0.39, 0.29) is 44.5 Å². The van der Waals surface area contributed by atoms with E-state index in [1.54, 1.807) is 109 Å². The minimum Gasteiger partial charge on any atom is -0.871 e. The summed E-state index contributed by atoms with van der Waals surface area (Å²) in [5.41, 5.74) is 1.99. The third-order valence-electron chi connectivity index (χ3n) is 10.8. The number of carbonyl (C=O) groups excluding carboxylic acids is 8. The van der Waals surface area contributed by atoms with Crippen LogP contribution in [0.1, 0.15) is 93.2 Å². The van der Waals surface area contributed by atoms with Crippen LogP contribution in [-0.2, 0) is 0 Å². The van der Waals surface area contributed by atoms with Gasteiger partial charge in [0, 0.05) is 114 Å². The zero-order chi connectivity index (χ0) is 79.4. The van der Waals surface area contributed by atoms with Crippen LogP contribution in [0.4, 0.5) is 0 Å². The molecule has 19 nitrogen and oxygen atoms in total. The molecule has 0 amide bonds. The molecule has 9 aromatic rings. The highest BCUT2D eigenvalue weighted by Gasteiger charge is 2.13. The second-order valence-electron chi connectivity index (χ2n) is 17.6. The van der Waals surface area contributed by atoms with Crippen LogP contribution in [0.3, 0.4) is 0 Å². The van der Waals surface area contributed by atoms with Crippen molar-refractivity contribution in [2.75, 3.05) is 0 Å². The van der Waals surface area contributed by atoms with E-state index in [0.717, 1.165) is 64.3 Å². The van der Waals surface area contributed by atoms with Crippen LogP contribution in [-0.4, -0.2) is 58.8 Å². The van der Waals surface area contributed by atoms with E-state index >= 15 is 0 Å². The number of carboxylic acid groups (broad SMARTS) is 9. The van der Waals surface area contributed by atoms with E-state index < -0.39 is 59.5 Å². The van der Waals surface area contributed by atoms with Gasteiger partial charge in [0.15, 0.2) is 0 Å². The molecule has 9 rings (SSSR count). The van der Waals surface area contributed by atoms with Gasteiger partial charge in [0.05, 0.1) is 53.3 Å². The number of halogens is 21. The Morgan fingerprint density at radius 1 is 0.233 bits per heavy atom. The number of aromatic carboxylic acids is 9. The molecule has 0 spiro atoms. The molecule has 0 atom stereocenters. The van der Waals surface area contributed by atoms with Crippen LogP contribution in [0.2, 0.25) is 0 Å². The number of carboxylic acids is 9. The first-order valence-corrected chi connectivity index (χ1v) is 48.1. The van der Waals surface area contributed by atoms with Gasteiger partial charge in [0.25, 0.3) is 0 Å². The van der Waals surface area contributed by atoms with Crippen molar-refractivity contribution >= 4 is 528 Å². The summed E-state index contributed by atoms with van der Waals surface area (Å²) in [7, 11) is 0. The average Bonchev–Trinajstić information content (AvgIpc) is 0.818. The predicted octanol–water partition coefficient (Wildman–Crippen LogP) is 13.6. The first kappa shape index (κ1) is 104. The van der Waals surface area contributed by atoms with Gasteiger partial charge in [-0.1, -0.05) is 42.1 Å². The van der Waals surface area contributed by atoms with Gasteiger partial charge in [0.1, 0.15) is 0 Å². The van der Waals surface area contributed by atoms with Crippen LogP contribution in [0, 0.1) is 75.0 Å². The molecule has 0 radical (unpaired) electrons. The molecule has 0 aliphatic rings. The Kier molecular flexibility index (Phi) is 54.3. The SMILES string of the molecule is O=C(O)c1c(I)ccc(I)c1[O-].O=C([O-])c1c(I)ccc(I)c1I.O=C([O-])c1c(I)cccc1I.O=C([O-])c1cc(I)cc(I)c1I.O=C([O-])c1cc(I)ccc1I.O=C([O-])c1ccc(I)c(I)c1.O=C([O-])c1ccc(I)c(I)c1I.O=C([O-])c1ccc(I)cc1I.O=C([O-])c1cccc(I)c1I. The molecular formula is C63H24I21O19-9. The summed E-state index contributed by atoms with van der Waals surface area (Å²) in [6.45, 7) is 0. The van der Waals surface area contributed by atoms with Gasteiger partial charge >= 0.3 is 5.97 Å². The number of rotatable bonds is 9. The summed E-state index contributed by atoms with van der Waals surface area (Å²) in [4.78, 5) is 94.6. The molecule has 0 unspecified atom stereocenters. The standard InChI is InChI=1S/3C7H3I3O2.C7H4I2O3.5C7H4I2O2/c8-3-1-4(7(11)12)6(10)5(9)2-3;8-3-1-2-4(9)6(10)5(3)7(11)12;8-4-2-1-3(7(11)12)5(9)6(4)10;8-3-1-2-4(9)6(10)5(3)7(11)12;8-4-1-2-6(9)5(3-4)7(10)11;8-4-1-2-5(7(10)11)6(9)3-4;8-5-2-1-4(7(10)11)3-6(5)9;8-4-2-1-3-5(9)6(4)7(10)11;8-5-3-1-2-4(6(5)9)7(10)11/h3*1-2H,(H,11,12);1-2,10H,(H,11,12);5*1-3H,(H,10,11)/p-9. The summed E-state index contributed by atoms with van der Waals surface area (Å²) in [5, 5.41) is 104. The van der Waals surface area contributed by atoms with E-state index in [0.29, 0.717) is 16.3 Å². The van der Waals surface area contributed by atoms with Crippen LogP contribution >= 0.6 is 474 Å². The van der Waals surface area contributed by atoms with Crippen molar-refractivity contribution < 1.29 is 94.2 Å². The van der Waals surface area contributed by atoms with Gasteiger partial charge in [-0.25, -0.2) is 4.79 Å². The Morgan fingerprint density at radius 2 is 0.592 bits per heavy atom. The van der Waals surface area contributed by atoms with Crippen LogP contribution < -0.4 is 46.0 Å². The molecule has 0 aromatic heterocycles. The molecule has 0 heterocycles. The third kappa shape index (κ3) is 37.4. The van der Waals surface area contributed by atoms with Crippen LogP contribution in [0.5, 0.6) is 5.75 Å². The van der Waals surface area contributed by atoms with Crippen molar-refractivity contribution in [3.8, 4) is 5.75 Å². The average molecular weight is 3750 g/mol. The highest BCUT2D eigenvalue weighted by atomic mass is 127. The monoisotopic (exact) mass is 3750 g/mol. The lowest BCUT2D eigenvalue weighted by molar-refractivity contribution is -0.270. The zero-order valence-electron chi connectivity index (χ0n) is 49.0. The normalized spacial score (nSPS) is 9.76. The van der Waals surface area contributed by atoms with Crippen molar-refractivity contribution in [2.24, 2.45) is 0 Å². The topological polar surface area (TPSA) is 381 Å².